The first-order valence-electron chi connectivity index (χ1n) is 16.3. The van der Waals surface area contributed by atoms with Crippen LogP contribution in [0.1, 0.15) is 18.1 Å². The minimum atomic E-state index is -3.92. The topological polar surface area (TPSA) is 128 Å². The summed E-state index contributed by atoms with van der Waals surface area (Å²) in [5.74, 6) is 0.899. The summed E-state index contributed by atoms with van der Waals surface area (Å²) in [7, 11) is -2.38. The van der Waals surface area contributed by atoms with Crippen molar-refractivity contribution in [2.75, 3.05) is 17.1 Å². The van der Waals surface area contributed by atoms with Crippen molar-refractivity contribution in [3.63, 3.8) is 0 Å². The Morgan fingerprint density at radius 3 is 2.37 bits per heavy atom. The molecule has 0 spiro atoms. The minimum Gasteiger partial charge on any atom is -0.497 e. The van der Waals surface area contributed by atoms with Crippen molar-refractivity contribution in [2.24, 2.45) is 0 Å². The molecular formula is C39H34N6O4S3. The van der Waals surface area contributed by atoms with E-state index < -0.39 is 15.3 Å². The number of carbonyl (C=O) groups is 1. The van der Waals surface area contributed by atoms with E-state index in [1.54, 1.807) is 60.9 Å². The fraction of sp³-hybridized carbons (Fsp3) is 0.128. The Hall–Kier alpha value is -5.50. The zero-order valence-electron chi connectivity index (χ0n) is 28.5. The molecule has 0 bridgehead atoms. The van der Waals surface area contributed by atoms with E-state index in [1.807, 2.05) is 72.2 Å². The summed E-state index contributed by atoms with van der Waals surface area (Å²) >= 11 is 2.92. The van der Waals surface area contributed by atoms with Crippen molar-refractivity contribution in [1.82, 2.24) is 19.7 Å². The Morgan fingerprint density at radius 2 is 1.62 bits per heavy atom. The molecule has 0 aliphatic carbocycles. The van der Waals surface area contributed by atoms with Gasteiger partial charge in [-0.05, 0) is 97.8 Å². The summed E-state index contributed by atoms with van der Waals surface area (Å²) in [4.78, 5) is 18.3. The molecule has 0 aliphatic rings. The highest BCUT2D eigenvalue weighted by Gasteiger charge is 2.23. The number of carbonyl (C=O) groups excluding carboxylic acids is 1. The molecule has 7 aromatic rings. The molecule has 1 atom stereocenters. The van der Waals surface area contributed by atoms with Gasteiger partial charge in [-0.2, -0.15) is 0 Å². The number of ether oxygens (including phenoxy) is 1. The molecule has 0 radical (unpaired) electrons. The highest BCUT2D eigenvalue weighted by molar-refractivity contribution is 8.00. The van der Waals surface area contributed by atoms with Crippen molar-refractivity contribution in [3.8, 4) is 27.7 Å². The lowest BCUT2D eigenvalue weighted by molar-refractivity contribution is -0.115. The van der Waals surface area contributed by atoms with E-state index >= 15 is 0 Å². The number of amides is 1. The summed E-state index contributed by atoms with van der Waals surface area (Å²) in [5, 5.41) is 12.9. The third-order valence-electron chi connectivity index (χ3n) is 8.24. The lowest BCUT2D eigenvalue weighted by Gasteiger charge is -2.15. The van der Waals surface area contributed by atoms with Gasteiger partial charge in [0.2, 0.25) is 5.91 Å². The van der Waals surface area contributed by atoms with Crippen molar-refractivity contribution in [2.45, 2.75) is 35.7 Å². The third kappa shape index (κ3) is 7.86. The second-order valence-electron chi connectivity index (χ2n) is 12.1. The van der Waals surface area contributed by atoms with Gasteiger partial charge in [0.05, 0.1) is 34.0 Å². The van der Waals surface area contributed by atoms with Crippen LogP contribution in [-0.4, -0.2) is 46.4 Å². The lowest BCUT2D eigenvalue weighted by Crippen LogP contribution is -2.23. The maximum atomic E-state index is 13.4. The summed E-state index contributed by atoms with van der Waals surface area (Å²) in [6.07, 6.45) is 0. The maximum absolute atomic E-state index is 13.4. The number of benzene rings is 5. The monoisotopic (exact) mass is 746 g/mol. The number of anilines is 2. The van der Waals surface area contributed by atoms with Crippen LogP contribution in [0.4, 0.5) is 11.4 Å². The fourth-order valence-electron chi connectivity index (χ4n) is 5.48. The Kier molecular flexibility index (Phi) is 10.1. The second kappa shape index (κ2) is 15.0. The molecule has 13 heteroatoms. The van der Waals surface area contributed by atoms with Crippen LogP contribution in [0.15, 0.2) is 131 Å². The molecule has 7 rings (SSSR count). The average molecular weight is 747 g/mol. The van der Waals surface area contributed by atoms with E-state index in [4.69, 9.17) is 9.72 Å². The molecule has 0 aliphatic heterocycles. The summed E-state index contributed by atoms with van der Waals surface area (Å²) in [6.45, 7) is 4.30. The molecule has 5 aromatic carbocycles. The predicted octanol–water partition coefficient (Wildman–Crippen LogP) is 8.51. The van der Waals surface area contributed by atoms with Crippen LogP contribution in [0.25, 0.3) is 32.2 Å². The van der Waals surface area contributed by atoms with Crippen LogP contribution in [0, 0.1) is 6.92 Å². The molecule has 2 N–H and O–H groups in total. The number of fused-ring (bicyclic) bond motifs is 1. The zero-order valence-corrected chi connectivity index (χ0v) is 30.9. The van der Waals surface area contributed by atoms with Crippen LogP contribution in [0.3, 0.4) is 0 Å². The van der Waals surface area contributed by atoms with Gasteiger partial charge in [-0.15, -0.1) is 21.5 Å². The molecular weight excluding hydrogens is 713 g/mol. The highest BCUT2D eigenvalue weighted by atomic mass is 32.2. The lowest BCUT2D eigenvalue weighted by atomic mass is 10.2. The molecule has 0 saturated carbocycles. The number of hydrogen-bond donors (Lipinski definition) is 2. The Labute approximate surface area is 310 Å². The van der Waals surface area contributed by atoms with Crippen molar-refractivity contribution >= 4 is 60.6 Å². The van der Waals surface area contributed by atoms with E-state index in [9.17, 15) is 13.2 Å². The first kappa shape index (κ1) is 34.9. The second-order valence-corrected chi connectivity index (χ2v) is 16.1. The third-order valence-corrected chi connectivity index (χ3v) is 11.8. The van der Waals surface area contributed by atoms with Crippen LogP contribution >= 0.6 is 23.1 Å². The van der Waals surface area contributed by atoms with Gasteiger partial charge < -0.3 is 10.1 Å². The van der Waals surface area contributed by atoms with Gasteiger partial charge in [-0.25, -0.2) is 13.4 Å². The number of sulfonamides is 1. The summed E-state index contributed by atoms with van der Waals surface area (Å²) in [5.41, 5.74) is 5.78. The number of aromatic nitrogens is 4. The molecule has 0 fully saturated rings. The first-order valence-corrected chi connectivity index (χ1v) is 19.5. The number of thiazole rings is 1. The predicted molar refractivity (Wildman–Crippen MR) is 209 cm³/mol. The van der Waals surface area contributed by atoms with Crippen LogP contribution < -0.4 is 14.8 Å². The van der Waals surface area contributed by atoms with Gasteiger partial charge >= 0.3 is 0 Å². The normalized spacial score (nSPS) is 12.1. The quantitative estimate of drug-likeness (QED) is 0.119. The molecule has 2 aromatic heterocycles. The van der Waals surface area contributed by atoms with E-state index in [0.29, 0.717) is 40.2 Å². The largest absolute Gasteiger partial charge is 0.497 e. The molecule has 0 saturated heterocycles. The smallest absolute Gasteiger partial charge is 0.261 e. The number of aryl methyl sites for hydroxylation is 1. The van der Waals surface area contributed by atoms with Crippen LogP contribution in [0.2, 0.25) is 0 Å². The van der Waals surface area contributed by atoms with Gasteiger partial charge in [0, 0.05) is 22.5 Å². The van der Waals surface area contributed by atoms with E-state index in [2.05, 4.69) is 39.3 Å². The molecule has 262 valence electrons. The zero-order chi connectivity index (χ0) is 36.2. The number of thioether (sulfide) groups is 1. The number of methoxy groups -OCH3 is 1. The Balaban J connectivity index is 1.10. The minimum absolute atomic E-state index is 0.0706. The first-order chi connectivity index (χ1) is 25.1. The van der Waals surface area contributed by atoms with E-state index in [0.717, 1.165) is 26.4 Å². The maximum Gasteiger partial charge on any atom is 0.261 e. The fourth-order valence-corrected chi connectivity index (χ4v) is 8.50. The SMILES string of the molecule is COc1ccc(NS(=O)(=O)c2cccc(-c3nnc(SC(C)C(=O)Nc4ccc(-c5nc6ccc(C)cc6s5)cc4)n3Cc3ccccc3)c2)cc1. The van der Waals surface area contributed by atoms with Crippen molar-refractivity contribution in [1.29, 1.82) is 0 Å². The number of nitrogens with zero attached hydrogens (tertiary/aromatic N) is 4. The Bertz CT molecular complexity index is 2460. The molecule has 10 nitrogen and oxygen atoms in total. The van der Waals surface area contributed by atoms with Crippen molar-refractivity contribution < 1.29 is 17.9 Å². The molecule has 52 heavy (non-hydrogen) atoms. The van der Waals surface area contributed by atoms with Gasteiger partial charge in [0.1, 0.15) is 10.8 Å². The summed E-state index contributed by atoms with van der Waals surface area (Å²) < 4.78 is 37.6. The van der Waals surface area contributed by atoms with Gasteiger partial charge in [0.25, 0.3) is 10.0 Å². The summed E-state index contributed by atoms with van der Waals surface area (Å²) in [6, 6.07) is 36.9. The molecule has 2 heterocycles. The van der Waals surface area contributed by atoms with Crippen LogP contribution in [0.5, 0.6) is 5.75 Å². The highest BCUT2D eigenvalue weighted by Crippen LogP contribution is 2.33. The standard InChI is InChI=1S/C39H34N6O4S3/c1-25-12-21-34-35(22-25)51-38(41-34)28-13-15-30(16-14-28)40-37(46)26(2)50-39-43-42-36(45(39)24-27-8-5-4-6-9-27)29-10-7-11-33(23-29)52(47,48)44-31-17-19-32(49-3)20-18-31/h4-23,26,44H,24H2,1-3H3,(H,40,46). The number of rotatable bonds is 12. The van der Waals surface area contributed by atoms with Crippen LogP contribution in [-0.2, 0) is 21.4 Å². The number of nitrogens with one attached hydrogen (secondary N) is 2. The van der Waals surface area contributed by atoms with Gasteiger partial charge in [-0.1, -0.05) is 60.3 Å². The van der Waals surface area contributed by atoms with E-state index in [1.165, 1.54) is 23.4 Å². The van der Waals surface area contributed by atoms with E-state index in [-0.39, 0.29) is 10.8 Å². The number of hydrogen-bond acceptors (Lipinski definition) is 9. The van der Waals surface area contributed by atoms with Gasteiger partial charge in [0.15, 0.2) is 11.0 Å². The van der Waals surface area contributed by atoms with Crippen molar-refractivity contribution in [3.05, 3.63) is 132 Å². The Morgan fingerprint density at radius 1 is 0.865 bits per heavy atom. The average Bonchev–Trinajstić information content (AvgIpc) is 3.76. The molecule has 1 unspecified atom stereocenters. The van der Waals surface area contributed by atoms with Gasteiger partial charge in [-0.3, -0.25) is 14.1 Å². The molecule has 1 amide bonds.